The van der Waals surface area contributed by atoms with E-state index >= 15 is 0 Å². The third-order valence-electron chi connectivity index (χ3n) is 9.41. The van der Waals surface area contributed by atoms with Crippen molar-refractivity contribution in [3.8, 4) is 0 Å². The van der Waals surface area contributed by atoms with Crippen LogP contribution in [0.3, 0.4) is 0 Å². The molecule has 1 aromatic carbocycles. The lowest BCUT2D eigenvalue weighted by molar-refractivity contribution is -0.126. The topological polar surface area (TPSA) is 81.7 Å². The average Bonchev–Trinajstić information content (AvgIpc) is 3.51. The summed E-state index contributed by atoms with van der Waals surface area (Å²) in [5.74, 6) is -1.81. The zero-order valence-electron chi connectivity index (χ0n) is 26.5. The number of fused-ring (bicyclic) bond motifs is 1. The van der Waals surface area contributed by atoms with Gasteiger partial charge in [0.2, 0.25) is 17.8 Å². The fraction of sp³-hybridized carbons (Fsp3) is 0.636. The van der Waals surface area contributed by atoms with Gasteiger partial charge in [-0.05, 0) is 90.0 Å². The molecule has 11 heteroatoms. The van der Waals surface area contributed by atoms with Gasteiger partial charge in [-0.2, -0.15) is 0 Å². The molecule has 2 unspecified atom stereocenters. The lowest BCUT2D eigenvalue weighted by atomic mass is 9.85. The van der Waals surface area contributed by atoms with Crippen LogP contribution < -0.4 is 10.2 Å². The number of likely N-dealkylation sites (tertiary alicyclic amines) is 2. The van der Waals surface area contributed by atoms with Gasteiger partial charge in [0.25, 0.3) is 5.91 Å². The number of alkyl halides is 2. The molecule has 240 valence electrons. The summed E-state index contributed by atoms with van der Waals surface area (Å²) >= 11 is 6.41. The van der Waals surface area contributed by atoms with Crippen LogP contribution >= 0.6 is 11.6 Å². The van der Waals surface area contributed by atoms with E-state index in [1.165, 1.54) is 0 Å². The summed E-state index contributed by atoms with van der Waals surface area (Å²) in [6.45, 7) is 14.3. The molecule has 44 heavy (non-hydrogen) atoms. The molecule has 1 N–H and O–H groups in total. The largest absolute Gasteiger partial charge is 0.352 e. The van der Waals surface area contributed by atoms with E-state index in [1.807, 2.05) is 51.7 Å². The first-order valence-corrected chi connectivity index (χ1v) is 16.3. The zero-order chi connectivity index (χ0) is 31.8. The molecule has 3 aliphatic rings. The number of rotatable bonds is 9. The van der Waals surface area contributed by atoms with E-state index in [-0.39, 0.29) is 43.5 Å². The molecule has 2 atom stereocenters. The summed E-state index contributed by atoms with van der Waals surface area (Å²) in [6.07, 6.45) is 0.686. The highest BCUT2D eigenvalue weighted by Gasteiger charge is 2.42. The van der Waals surface area contributed by atoms with Crippen LogP contribution in [0.4, 0.5) is 20.4 Å². The normalized spacial score (nSPS) is 22.0. The van der Waals surface area contributed by atoms with Gasteiger partial charge in [-0.25, -0.2) is 18.7 Å². The van der Waals surface area contributed by atoms with E-state index in [0.717, 1.165) is 37.3 Å². The maximum Gasteiger partial charge on any atom is 0.257 e. The smallest absolute Gasteiger partial charge is 0.257 e. The number of hydrogen-bond donors (Lipinski definition) is 1. The van der Waals surface area contributed by atoms with Crippen LogP contribution in [0.5, 0.6) is 0 Å². The van der Waals surface area contributed by atoms with Gasteiger partial charge in [0.1, 0.15) is 0 Å². The summed E-state index contributed by atoms with van der Waals surface area (Å²) in [6, 6.07) is 5.80. The summed E-state index contributed by atoms with van der Waals surface area (Å²) in [7, 11) is 0. The molecule has 3 heterocycles. The minimum absolute atomic E-state index is 0.00318. The van der Waals surface area contributed by atoms with Crippen LogP contribution in [0.25, 0.3) is 0 Å². The Morgan fingerprint density at radius 3 is 2.23 bits per heavy atom. The Kier molecular flexibility index (Phi) is 9.80. The minimum atomic E-state index is -2.68. The third kappa shape index (κ3) is 7.33. The molecular weight excluding hydrogens is 586 g/mol. The molecule has 1 aromatic heterocycles. The predicted octanol–water partition coefficient (Wildman–Crippen LogP) is 6.13. The molecule has 0 radical (unpaired) electrons. The Morgan fingerprint density at radius 2 is 1.66 bits per heavy atom. The van der Waals surface area contributed by atoms with Crippen molar-refractivity contribution in [2.24, 2.45) is 17.8 Å². The van der Waals surface area contributed by atoms with Gasteiger partial charge in [-0.15, -0.1) is 0 Å². The molecule has 8 nitrogen and oxygen atoms in total. The van der Waals surface area contributed by atoms with E-state index in [0.29, 0.717) is 59.4 Å². The Bertz CT molecular complexity index is 1340. The average molecular weight is 631 g/mol. The fourth-order valence-electron chi connectivity index (χ4n) is 7.02. The lowest BCUT2D eigenvalue weighted by Crippen LogP contribution is -2.41. The molecule has 3 fully saturated rings. The van der Waals surface area contributed by atoms with Gasteiger partial charge in [-0.1, -0.05) is 17.7 Å². The van der Waals surface area contributed by atoms with Crippen molar-refractivity contribution in [1.82, 2.24) is 19.8 Å². The zero-order valence-corrected chi connectivity index (χ0v) is 27.3. The molecule has 2 aliphatic heterocycles. The van der Waals surface area contributed by atoms with E-state index in [1.54, 1.807) is 11.0 Å². The van der Waals surface area contributed by atoms with Crippen molar-refractivity contribution >= 4 is 35.1 Å². The quantitative estimate of drug-likeness (QED) is 0.359. The fourth-order valence-corrected chi connectivity index (χ4v) is 7.20. The number of benzene rings is 1. The maximum atomic E-state index is 13.8. The van der Waals surface area contributed by atoms with Crippen LogP contribution in [0.1, 0.15) is 73.3 Å². The van der Waals surface area contributed by atoms with Crippen LogP contribution in [0.2, 0.25) is 5.02 Å². The van der Waals surface area contributed by atoms with Crippen molar-refractivity contribution in [2.75, 3.05) is 49.5 Å². The molecule has 5 rings (SSSR count). The highest BCUT2D eigenvalue weighted by atomic mass is 35.5. The van der Waals surface area contributed by atoms with Crippen LogP contribution in [-0.4, -0.2) is 82.8 Å². The molecule has 0 bridgehead atoms. The molecule has 1 saturated carbocycles. The predicted molar refractivity (Wildman–Crippen MR) is 170 cm³/mol. The number of halogens is 3. The van der Waals surface area contributed by atoms with Gasteiger partial charge in [0.15, 0.2) is 0 Å². The second kappa shape index (κ2) is 13.3. The molecule has 1 aliphatic carbocycles. The highest BCUT2D eigenvalue weighted by Crippen LogP contribution is 2.38. The maximum absolute atomic E-state index is 13.8. The van der Waals surface area contributed by atoms with Gasteiger partial charge in [0.05, 0.1) is 17.0 Å². The van der Waals surface area contributed by atoms with Crippen molar-refractivity contribution in [3.05, 3.63) is 45.7 Å². The Labute approximate surface area is 264 Å². The SMILES string of the molecule is Cc1ccc(N(CCCN2CC3CN(C(=O)c4c(C)nc(NC(C)C)nc4C)CC3C2)C(=O)C2CCC(F)(F)CC2)cc1Cl. The van der Waals surface area contributed by atoms with Gasteiger partial charge < -0.3 is 20.0 Å². The van der Waals surface area contributed by atoms with Gasteiger partial charge in [0, 0.05) is 68.2 Å². The first kappa shape index (κ1) is 32.5. The lowest BCUT2D eigenvalue weighted by Gasteiger charge is -2.32. The number of anilines is 2. The van der Waals surface area contributed by atoms with Gasteiger partial charge in [-0.3, -0.25) is 9.59 Å². The standard InChI is InChI=1S/C33H45ClF2N6O2/c1-20(2)37-32-38-22(4)29(23(5)39-32)31(44)41-18-25-16-40(17-26(25)19-41)13-6-14-42(27-8-7-21(3)28(34)15-27)30(43)24-9-11-33(35,36)12-10-24/h7-8,15,20,24-26H,6,9-14,16-19H2,1-5H3,(H,37,38,39). The van der Waals surface area contributed by atoms with Crippen LogP contribution in [0.15, 0.2) is 18.2 Å². The summed E-state index contributed by atoms with van der Waals surface area (Å²) in [4.78, 5) is 42.3. The Balaban J connectivity index is 1.16. The minimum Gasteiger partial charge on any atom is -0.352 e. The van der Waals surface area contributed by atoms with Gasteiger partial charge >= 0.3 is 0 Å². The molecular formula is C33H45ClF2N6O2. The second-order valence-electron chi connectivity index (χ2n) is 13.3. The third-order valence-corrected chi connectivity index (χ3v) is 9.81. The number of aryl methyl sites for hydroxylation is 3. The summed E-state index contributed by atoms with van der Waals surface area (Å²) < 4.78 is 27.6. The summed E-state index contributed by atoms with van der Waals surface area (Å²) in [5.41, 5.74) is 3.63. The molecule has 0 spiro atoms. The van der Waals surface area contributed by atoms with Crippen molar-refractivity contribution in [3.63, 3.8) is 0 Å². The van der Waals surface area contributed by atoms with Crippen molar-refractivity contribution in [1.29, 1.82) is 0 Å². The summed E-state index contributed by atoms with van der Waals surface area (Å²) in [5, 5.41) is 3.80. The second-order valence-corrected chi connectivity index (χ2v) is 13.7. The Hall–Kier alpha value is -2.85. The van der Waals surface area contributed by atoms with E-state index in [9.17, 15) is 18.4 Å². The van der Waals surface area contributed by atoms with Crippen molar-refractivity contribution in [2.45, 2.75) is 78.7 Å². The number of carbonyl (C=O) groups is 2. The first-order chi connectivity index (χ1) is 20.8. The Morgan fingerprint density at radius 1 is 1.05 bits per heavy atom. The molecule has 2 amide bonds. The number of amides is 2. The number of nitrogens with zero attached hydrogens (tertiary/aromatic N) is 5. The number of hydrogen-bond acceptors (Lipinski definition) is 6. The van der Waals surface area contributed by atoms with Crippen LogP contribution in [-0.2, 0) is 4.79 Å². The monoisotopic (exact) mass is 630 g/mol. The molecule has 2 aromatic rings. The van der Waals surface area contributed by atoms with E-state index in [4.69, 9.17) is 11.6 Å². The first-order valence-electron chi connectivity index (χ1n) is 15.9. The number of carbonyl (C=O) groups excluding carboxylic acids is 2. The van der Waals surface area contributed by atoms with E-state index < -0.39 is 11.8 Å². The molecule has 2 saturated heterocycles. The van der Waals surface area contributed by atoms with Crippen LogP contribution in [0, 0.1) is 38.5 Å². The van der Waals surface area contributed by atoms with Crippen molar-refractivity contribution < 1.29 is 18.4 Å². The number of aromatic nitrogens is 2. The highest BCUT2D eigenvalue weighted by molar-refractivity contribution is 6.31. The van der Waals surface area contributed by atoms with E-state index in [2.05, 4.69) is 20.2 Å². The number of nitrogens with one attached hydrogen (secondary N) is 1.